The third-order valence-electron chi connectivity index (χ3n) is 5.35. The quantitative estimate of drug-likeness (QED) is 0.363. The lowest BCUT2D eigenvalue weighted by molar-refractivity contribution is -0.122. The fourth-order valence-corrected chi connectivity index (χ4v) is 3.99. The number of aryl methyl sites for hydroxylation is 1. The number of rotatable bonds is 7. The van der Waals surface area contributed by atoms with E-state index in [9.17, 15) is 14.4 Å². The van der Waals surface area contributed by atoms with E-state index in [0.717, 1.165) is 16.9 Å². The van der Waals surface area contributed by atoms with E-state index in [2.05, 4.69) is 5.32 Å². The second-order valence-electron chi connectivity index (χ2n) is 7.53. The first-order chi connectivity index (χ1) is 16.4. The third-order valence-corrected chi connectivity index (χ3v) is 5.88. The molecule has 1 aromatic heterocycles. The number of nitrogens with zero attached hydrogens (tertiary/aromatic N) is 2. The number of imide groups is 2. The van der Waals surface area contributed by atoms with Gasteiger partial charge >= 0.3 is 6.03 Å². The van der Waals surface area contributed by atoms with Crippen LogP contribution in [0.25, 0.3) is 6.08 Å². The van der Waals surface area contributed by atoms with Crippen LogP contribution in [-0.4, -0.2) is 29.0 Å². The Morgan fingerprint density at radius 1 is 1.03 bits per heavy atom. The van der Waals surface area contributed by atoms with Gasteiger partial charge in [0.1, 0.15) is 17.9 Å². The third kappa shape index (κ3) is 5.00. The van der Waals surface area contributed by atoms with Gasteiger partial charge in [-0.05, 0) is 60.5 Å². The molecule has 0 saturated carbocycles. The van der Waals surface area contributed by atoms with Crippen molar-refractivity contribution in [1.82, 2.24) is 9.88 Å². The maximum absolute atomic E-state index is 13.1. The lowest BCUT2D eigenvalue weighted by Crippen LogP contribution is -2.54. The monoisotopic (exact) mass is 497 g/mol. The molecule has 2 aromatic carbocycles. The standard InChI is InChI=1S/C25H21Cl2N3O4/c1-2-16-5-8-18(9-6-16)30-24(32)20(23(31)28-25(30)33)15-19-4-3-11-29(19)12-13-34-22-10-7-17(26)14-21(22)27/h3-11,14-15H,2,12-13H2,1H3,(H,28,31,33). The van der Waals surface area contributed by atoms with E-state index in [4.69, 9.17) is 27.9 Å². The van der Waals surface area contributed by atoms with E-state index in [1.807, 2.05) is 23.6 Å². The zero-order chi connectivity index (χ0) is 24.2. The Balaban J connectivity index is 1.52. The van der Waals surface area contributed by atoms with Gasteiger partial charge in [-0.25, -0.2) is 9.69 Å². The fourth-order valence-electron chi connectivity index (χ4n) is 3.53. The highest BCUT2D eigenvalue weighted by Crippen LogP contribution is 2.27. The number of urea groups is 1. The van der Waals surface area contributed by atoms with Crippen LogP contribution in [0.1, 0.15) is 18.2 Å². The molecule has 2 heterocycles. The number of aromatic nitrogens is 1. The van der Waals surface area contributed by atoms with Crippen molar-refractivity contribution in [2.24, 2.45) is 0 Å². The van der Waals surface area contributed by atoms with Gasteiger partial charge in [0.2, 0.25) is 0 Å². The number of hydrogen-bond acceptors (Lipinski definition) is 4. The van der Waals surface area contributed by atoms with E-state index >= 15 is 0 Å². The Morgan fingerprint density at radius 3 is 2.50 bits per heavy atom. The van der Waals surface area contributed by atoms with E-state index in [1.54, 1.807) is 48.7 Å². The summed E-state index contributed by atoms with van der Waals surface area (Å²) in [6.45, 7) is 2.74. The average Bonchev–Trinajstić information content (AvgIpc) is 3.25. The van der Waals surface area contributed by atoms with Crippen LogP contribution < -0.4 is 15.0 Å². The molecule has 0 unspecified atom stereocenters. The molecule has 7 nitrogen and oxygen atoms in total. The maximum atomic E-state index is 13.1. The first kappa shape index (κ1) is 23.6. The first-order valence-electron chi connectivity index (χ1n) is 10.6. The number of anilines is 1. The Kier molecular flexibility index (Phi) is 7.05. The Hall–Kier alpha value is -3.55. The predicted octanol–water partition coefficient (Wildman–Crippen LogP) is 5.10. The molecule has 9 heteroatoms. The van der Waals surface area contributed by atoms with Crippen molar-refractivity contribution in [2.75, 3.05) is 11.5 Å². The SMILES string of the molecule is CCc1ccc(N2C(=O)NC(=O)C(=Cc3cccn3CCOc3ccc(Cl)cc3Cl)C2=O)cc1. The van der Waals surface area contributed by atoms with Gasteiger partial charge in [0.15, 0.2) is 0 Å². The minimum absolute atomic E-state index is 0.138. The molecule has 1 fully saturated rings. The van der Waals surface area contributed by atoms with Gasteiger partial charge in [0.05, 0.1) is 17.3 Å². The van der Waals surface area contributed by atoms with E-state index in [1.165, 1.54) is 6.08 Å². The van der Waals surface area contributed by atoms with Crippen molar-refractivity contribution in [1.29, 1.82) is 0 Å². The molecule has 1 saturated heterocycles. The molecule has 0 radical (unpaired) electrons. The Labute approximate surface area is 206 Å². The highest BCUT2D eigenvalue weighted by Gasteiger charge is 2.36. The van der Waals surface area contributed by atoms with Crippen molar-refractivity contribution in [3.63, 3.8) is 0 Å². The summed E-state index contributed by atoms with van der Waals surface area (Å²) in [6, 6.07) is 14.8. The van der Waals surface area contributed by atoms with Crippen LogP contribution >= 0.6 is 23.2 Å². The molecular weight excluding hydrogens is 477 g/mol. The number of hydrogen-bond donors (Lipinski definition) is 1. The van der Waals surface area contributed by atoms with Crippen LogP contribution in [0.2, 0.25) is 10.0 Å². The van der Waals surface area contributed by atoms with E-state index in [0.29, 0.717) is 40.3 Å². The maximum Gasteiger partial charge on any atom is 0.335 e. The van der Waals surface area contributed by atoms with Crippen molar-refractivity contribution in [3.05, 3.63) is 87.7 Å². The van der Waals surface area contributed by atoms with Gasteiger partial charge in [-0.1, -0.05) is 42.3 Å². The number of nitrogens with one attached hydrogen (secondary N) is 1. The van der Waals surface area contributed by atoms with E-state index < -0.39 is 17.8 Å². The fraction of sp³-hybridized carbons (Fsp3) is 0.160. The highest BCUT2D eigenvalue weighted by molar-refractivity contribution is 6.39. The minimum Gasteiger partial charge on any atom is -0.490 e. The number of carbonyl (C=O) groups excluding carboxylic acids is 3. The van der Waals surface area contributed by atoms with E-state index in [-0.39, 0.29) is 5.57 Å². The molecule has 174 valence electrons. The molecule has 0 bridgehead atoms. The molecule has 1 aliphatic heterocycles. The predicted molar refractivity (Wildman–Crippen MR) is 131 cm³/mol. The van der Waals surface area contributed by atoms with Crippen LogP contribution in [0.5, 0.6) is 5.75 Å². The normalized spacial score (nSPS) is 15.1. The number of ether oxygens (including phenoxy) is 1. The molecular formula is C25H21Cl2N3O4. The topological polar surface area (TPSA) is 80.6 Å². The van der Waals surface area contributed by atoms with Gasteiger partial charge < -0.3 is 9.30 Å². The second-order valence-corrected chi connectivity index (χ2v) is 8.37. The van der Waals surface area contributed by atoms with Gasteiger partial charge in [-0.15, -0.1) is 0 Å². The lowest BCUT2D eigenvalue weighted by atomic mass is 10.1. The van der Waals surface area contributed by atoms with Gasteiger partial charge in [-0.3, -0.25) is 14.9 Å². The lowest BCUT2D eigenvalue weighted by Gasteiger charge is -2.26. The smallest absolute Gasteiger partial charge is 0.335 e. The molecule has 34 heavy (non-hydrogen) atoms. The number of amides is 4. The largest absolute Gasteiger partial charge is 0.490 e. The average molecular weight is 498 g/mol. The molecule has 1 N–H and O–H groups in total. The Bertz CT molecular complexity index is 1280. The second kappa shape index (κ2) is 10.2. The van der Waals surface area contributed by atoms with Crippen molar-refractivity contribution < 1.29 is 19.1 Å². The number of barbiturate groups is 1. The van der Waals surface area contributed by atoms with Gasteiger partial charge in [-0.2, -0.15) is 0 Å². The summed E-state index contributed by atoms with van der Waals surface area (Å²) in [5, 5.41) is 3.16. The zero-order valence-electron chi connectivity index (χ0n) is 18.3. The minimum atomic E-state index is -0.778. The molecule has 1 aliphatic rings. The van der Waals surface area contributed by atoms with Gasteiger partial charge in [0.25, 0.3) is 11.8 Å². The van der Waals surface area contributed by atoms with Crippen LogP contribution in [0, 0.1) is 0 Å². The van der Waals surface area contributed by atoms with Crippen LogP contribution in [0.3, 0.4) is 0 Å². The molecule has 0 aliphatic carbocycles. The van der Waals surface area contributed by atoms with Crippen molar-refractivity contribution in [2.45, 2.75) is 19.9 Å². The van der Waals surface area contributed by atoms with Crippen LogP contribution in [-0.2, 0) is 22.6 Å². The summed E-state index contributed by atoms with van der Waals surface area (Å²) in [5.74, 6) is -0.925. The highest BCUT2D eigenvalue weighted by atomic mass is 35.5. The summed E-state index contributed by atoms with van der Waals surface area (Å²) in [7, 11) is 0. The van der Waals surface area contributed by atoms with Crippen LogP contribution in [0.15, 0.2) is 66.4 Å². The van der Waals surface area contributed by atoms with Crippen molar-refractivity contribution >= 4 is 52.8 Å². The number of benzene rings is 2. The number of carbonyl (C=O) groups is 3. The number of halogens is 2. The summed E-state index contributed by atoms with van der Waals surface area (Å²) in [6.07, 6.45) is 4.10. The Morgan fingerprint density at radius 2 is 1.79 bits per heavy atom. The molecule has 3 aromatic rings. The zero-order valence-corrected chi connectivity index (χ0v) is 19.8. The van der Waals surface area contributed by atoms with Gasteiger partial charge in [0, 0.05) is 16.9 Å². The first-order valence-corrected chi connectivity index (χ1v) is 11.4. The van der Waals surface area contributed by atoms with Crippen LogP contribution in [0.4, 0.5) is 10.5 Å². The molecule has 0 atom stereocenters. The summed E-state index contributed by atoms with van der Waals surface area (Å²) >= 11 is 12.0. The van der Waals surface area contributed by atoms with Crippen molar-refractivity contribution in [3.8, 4) is 5.75 Å². The molecule has 4 rings (SSSR count). The summed E-state index contributed by atoms with van der Waals surface area (Å²) < 4.78 is 7.56. The molecule has 4 amide bonds. The summed E-state index contributed by atoms with van der Waals surface area (Å²) in [4.78, 5) is 39.0. The molecule has 0 spiro atoms. The summed E-state index contributed by atoms with van der Waals surface area (Å²) in [5.41, 5.74) is 1.93.